The first-order valence-corrected chi connectivity index (χ1v) is 9.53. The molecule has 0 unspecified atom stereocenters. The molecule has 24 heavy (non-hydrogen) atoms. The van der Waals surface area contributed by atoms with E-state index in [0.29, 0.717) is 11.6 Å². The quantitative estimate of drug-likeness (QED) is 0.758. The van der Waals surface area contributed by atoms with E-state index in [1.807, 2.05) is 29.7 Å². The van der Waals surface area contributed by atoms with E-state index < -0.39 is 0 Å². The Hall–Kier alpha value is -1.54. The van der Waals surface area contributed by atoms with Gasteiger partial charge in [0.1, 0.15) is 0 Å². The van der Waals surface area contributed by atoms with Crippen molar-refractivity contribution >= 4 is 29.3 Å². The molecule has 0 spiro atoms. The van der Waals surface area contributed by atoms with E-state index in [1.54, 1.807) is 28.8 Å². The van der Waals surface area contributed by atoms with Gasteiger partial charge in [-0.25, -0.2) is 0 Å². The second-order valence-corrected chi connectivity index (χ2v) is 7.29. The van der Waals surface area contributed by atoms with Gasteiger partial charge in [-0.2, -0.15) is 5.10 Å². The van der Waals surface area contributed by atoms with E-state index >= 15 is 0 Å². The molecule has 0 aliphatic carbocycles. The van der Waals surface area contributed by atoms with Crippen LogP contribution in [0.4, 0.5) is 0 Å². The van der Waals surface area contributed by atoms with Crippen LogP contribution in [0.3, 0.4) is 0 Å². The number of thioether (sulfide) groups is 1. The highest BCUT2D eigenvalue weighted by Crippen LogP contribution is 2.33. The number of nitrogens with zero attached hydrogens (tertiary/aromatic N) is 6. The van der Waals surface area contributed by atoms with Gasteiger partial charge < -0.3 is 9.47 Å². The number of carbonyl (C=O) groups is 1. The van der Waals surface area contributed by atoms with Crippen LogP contribution >= 0.6 is 23.4 Å². The van der Waals surface area contributed by atoms with Gasteiger partial charge in [0.2, 0.25) is 5.91 Å². The topological polar surface area (TPSA) is 68.8 Å². The zero-order valence-electron chi connectivity index (χ0n) is 14.0. The van der Waals surface area contributed by atoms with Crippen molar-refractivity contribution < 1.29 is 4.79 Å². The molecule has 130 valence electrons. The molecule has 1 aliphatic heterocycles. The van der Waals surface area contributed by atoms with Crippen LogP contribution in [0.25, 0.3) is 0 Å². The number of hydrogen-bond donors (Lipinski definition) is 0. The summed E-state index contributed by atoms with van der Waals surface area (Å²) in [4.78, 5) is 14.9. The summed E-state index contributed by atoms with van der Waals surface area (Å²) in [6.45, 7) is 3.20. The molecule has 1 amide bonds. The Morgan fingerprint density at radius 1 is 1.50 bits per heavy atom. The average Bonchev–Trinajstić information content (AvgIpc) is 3.26. The highest BCUT2D eigenvalue weighted by molar-refractivity contribution is 7.98. The normalized spacial score (nSPS) is 19.0. The molecule has 0 N–H and O–H groups in total. The number of aromatic nitrogens is 5. The number of hydrogen-bond acceptors (Lipinski definition) is 5. The van der Waals surface area contributed by atoms with Gasteiger partial charge in [0, 0.05) is 19.8 Å². The first-order valence-electron chi connectivity index (χ1n) is 7.93. The molecule has 1 aliphatic rings. The molecular formula is C15H21ClN6OS. The predicted octanol–water partition coefficient (Wildman–Crippen LogP) is 2.39. The minimum absolute atomic E-state index is 0.000408. The SMILES string of the molecule is CSc1nnc([C@@H]2CCCN2C(=O)[C@H](C)Cn2cc(Cl)cn2)n1C. The van der Waals surface area contributed by atoms with Crippen molar-refractivity contribution in [2.75, 3.05) is 12.8 Å². The molecule has 0 saturated carbocycles. The van der Waals surface area contributed by atoms with E-state index in [0.717, 1.165) is 30.4 Å². The molecule has 0 aromatic carbocycles. The zero-order valence-corrected chi connectivity index (χ0v) is 15.6. The number of halogens is 1. The van der Waals surface area contributed by atoms with Crippen LogP contribution in [0.2, 0.25) is 5.02 Å². The van der Waals surface area contributed by atoms with Crippen molar-refractivity contribution in [3.05, 3.63) is 23.2 Å². The van der Waals surface area contributed by atoms with Gasteiger partial charge in [-0.15, -0.1) is 10.2 Å². The maximum absolute atomic E-state index is 12.9. The maximum atomic E-state index is 12.9. The van der Waals surface area contributed by atoms with Crippen molar-refractivity contribution in [1.29, 1.82) is 0 Å². The highest BCUT2D eigenvalue weighted by atomic mass is 35.5. The van der Waals surface area contributed by atoms with Gasteiger partial charge >= 0.3 is 0 Å². The molecule has 0 radical (unpaired) electrons. The second kappa shape index (κ2) is 7.14. The summed E-state index contributed by atoms with van der Waals surface area (Å²) >= 11 is 7.45. The van der Waals surface area contributed by atoms with Crippen LogP contribution < -0.4 is 0 Å². The lowest BCUT2D eigenvalue weighted by atomic mass is 10.1. The summed E-state index contributed by atoms with van der Waals surface area (Å²) < 4.78 is 3.70. The summed E-state index contributed by atoms with van der Waals surface area (Å²) in [6.07, 6.45) is 7.20. The van der Waals surface area contributed by atoms with Crippen LogP contribution in [0.1, 0.15) is 31.6 Å². The highest BCUT2D eigenvalue weighted by Gasteiger charge is 2.35. The predicted molar refractivity (Wildman–Crippen MR) is 92.9 cm³/mol. The van der Waals surface area contributed by atoms with E-state index in [9.17, 15) is 4.79 Å². The lowest BCUT2D eigenvalue weighted by Gasteiger charge is -2.27. The third-order valence-corrected chi connectivity index (χ3v) is 5.29. The van der Waals surface area contributed by atoms with Crippen molar-refractivity contribution in [3.8, 4) is 0 Å². The molecule has 7 nitrogen and oxygen atoms in total. The zero-order chi connectivity index (χ0) is 17.3. The minimum atomic E-state index is -0.171. The monoisotopic (exact) mass is 368 g/mol. The number of rotatable bonds is 5. The summed E-state index contributed by atoms with van der Waals surface area (Å²) in [7, 11) is 1.96. The fourth-order valence-corrected chi connectivity index (χ4v) is 3.82. The molecule has 1 fully saturated rings. The van der Waals surface area contributed by atoms with Crippen LogP contribution in [-0.4, -0.2) is 48.2 Å². The van der Waals surface area contributed by atoms with Gasteiger partial charge in [-0.1, -0.05) is 30.3 Å². The first kappa shape index (κ1) is 17.3. The molecule has 2 aromatic rings. The van der Waals surface area contributed by atoms with Crippen molar-refractivity contribution in [2.24, 2.45) is 13.0 Å². The van der Waals surface area contributed by atoms with E-state index in [1.165, 1.54) is 0 Å². The molecule has 1 saturated heterocycles. The van der Waals surface area contributed by atoms with Crippen molar-refractivity contribution in [3.63, 3.8) is 0 Å². The maximum Gasteiger partial charge on any atom is 0.227 e. The average molecular weight is 369 g/mol. The first-order chi connectivity index (χ1) is 11.5. The largest absolute Gasteiger partial charge is 0.332 e. The van der Waals surface area contributed by atoms with Gasteiger partial charge in [-0.05, 0) is 19.1 Å². The lowest BCUT2D eigenvalue weighted by molar-refractivity contribution is -0.136. The fourth-order valence-electron chi connectivity index (χ4n) is 3.17. The fraction of sp³-hybridized carbons (Fsp3) is 0.600. The van der Waals surface area contributed by atoms with E-state index in [4.69, 9.17) is 11.6 Å². The molecule has 3 heterocycles. The molecule has 2 atom stereocenters. The van der Waals surface area contributed by atoms with Gasteiger partial charge in [0.05, 0.1) is 29.7 Å². The van der Waals surface area contributed by atoms with Gasteiger partial charge in [0.25, 0.3) is 0 Å². The summed E-state index contributed by atoms with van der Waals surface area (Å²) in [5, 5.41) is 14.1. The lowest BCUT2D eigenvalue weighted by Crippen LogP contribution is -2.37. The third kappa shape index (κ3) is 3.30. The third-order valence-electron chi connectivity index (χ3n) is 4.37. The Balaban J connectivity index is 1.74. The summed E-state index contributed by atoms with van der Waals surface area (Å²) in [6, 6.07) is -0.000408. The molecular weight excluding hydrogens is 348 g/mol. The Morgan fingerprint density at radius 2 is 2.29 bits per heavy atom. The number of amides is 1. The van der Waals surface area contributed by atoms with Crippen LogP contribution in [-0.2, 0) is 18.4 Å². The van der Waals surface area contributed by atoms with E-state index in [-0.39, 0.29) is 17.9 Å². The van der Waals surface area contributed by atoms with E-state index in [2.05, 4.69) is 15.3 Å². The molecule has 2 aromatic heterocycles. The molecule has 9 heteroatoms. The van der Waals surface area contributed by atoms with Crippen LogP contribution in [0.5, 0.6) is 0 Å². The minimum Gasteiger partial charge on any atom is -0.332 e. The second-order valence-electron chi connectivity index (χ2n) is 6.08. The van der Waals surface area contributed by atoms with Crippen LogP contribution in [0, 0.1) is 5.92 Å². The van der Waals surface area contributed by atoms with Crippen molar-refractivity contribution in [2.45, 2.75) is 37.5 Å². The molecule has 3 rings (SSSR count). The number of carbonyl (C=O) groups excluding carboxylic acids is 1. The Labute approximate surface area is 150 Å². The Bertz CT molecular complexity index is 729. The Morgan fingerprint density at radius 3 is 2.92 bits per heavy atom. The number of likely N-dealkylation sites (tertiary alicyclic amines) is 1. The van der Waals surface area contributed by atoms with Gasteiger partial charge in [0.15, 0.2) is 11.0 Å². The smallest absolute Gasteiger partial charge is 0.227 e. The Kier molecular flexibility index (Phi) is 5.15. The summed E-state index contributed by atoms with van der Waals surface area (Å²) in [5.41, 5.74) is 0. The summed E-state index contributed by atoms with van der Waals surface area (Å²) in [5.74, 6) is 0.812. The molecule has 0 bridgehead atoms. The van der Waals surface area contributed by atoms with Gasteiger partial charge in [-0.3, -0.25) is 9.48 Å². The van der Waals surface area contributed by atoms with Crippen LogP contribution in [0.15, 0.2) is 17.6 Å². The van der Waals surface area contributed by atoms with Crippen molar-refractivity contribution in [1.82, 2.24) is 29.4 Å². The standard InChI is InChI=1S/C15H21ClN6OS/c1-10(8-21-9-11(16)7-17-21)14(23)22-6-4-5-12(22)13-18-19-15(24-3)20(13)2/h7,9-10,12H,4-6,8H2,1-3H3/t10-,12+/m1/s1.